The summed E-state index contributed by atoms with van der Waals surface area (Å²) in [6.07, 6.45) is 0. The Kier molecular flexibility index (Phi) is 52.1. The van der Waals surface area contributed by atoms with E-state index in [1.807, 2.05) is 0 Å². The molecule has 0 unspecified atom stereocenters. The van der Waals surface area contributed by atoms with E-state index in [4.69, 9.17) is 14.1 Å². The van der Waals surface area contributed by atoms with E-state index >= 15 is 0 Å². The molecule has 0 saturated heterocycles. The van der Waals surface area contributed by atoms with Crippen molar-refractivity contribution in [3.8, 4) is 0 Å². The first kappa shape index (κ1) is 23.3. The van der Waals surface area contributed by atoms with Crippen LogP contribution in [0.4, 0.5) is 0 Å². The third-order valence-corrected chi connectivity index (χ3v) is 0. The van der Waals surface area contributed by atoms with Crippen molar-refractivity contribution in [2.45, 2.75) is 0 Å². The van der Waals surface area contributed by atoms with Crippen LogP contribution < -0.4 is 0 Å². The van der Waals surface area contributed by atoms with Gasteiger partial charge < -0.3 is 9.59 Å². The Morgan fingerprint density at radius 1 is 1.29 bits per heavy atom. The molecule has 0 spiro atoms. The molecule has 36 valence electrons. The summed E-state index contributed by atoms with van der Waals surface area (Å²) in [7, 11) is -3.13. The van der Waals surface area contributed by atoms with E-state index in [0.29, 0.717) is 0 Å². The molecule has 0 fully saturated rings. The number of hydrogen-bond donors (Lipinski definition) is 2. The third-order valence-electron chi connectivity index (χ3n) is 0. The van der Waals surface area contributed by atoms with E-state index in [-0.39, 0.29) is 65.5 Å². The van der Waals surface area contributed by atoms with Crippen molar-refractivity contribution >= 4 is 57.6 Å². The van der Waals surface area contributed by atoms with E-state index in [2.05, 4.69) is 0 Å². The van der Waals surface area contributed by atoms with Crippen LogP contribution in [0.25, 0.3) is 0 Å². The van der Waals surface area contributed by atoms with Crippen molar-refractivity contribution in [1.82, 2.24) is 0 Å². The van der Waals surface area contributed by atoms with E-state index in [1.54, 1.807) is 0 Å². The van der Waals surface area contributed by atoms with Crippen molar-refractivity contribution in [3.05, 3.63) is 0 Å². The SMILES string of the molecule is O=[Si](O)O.[Fe].[LiH].[NaH]. The second-order valence-corrected chi connectivity index (χ2v) is 0.848. The van der Waals surface area contributed by atoms with Gasteiger partial charge in [-0.2, -0.15) is 0 Å². The van der Waals surface area contributed by atoms with E-state index < -0.39 is 9.17 Å². The monoisotopic (exact) mass is 166 g/mol. The van der Waals surface area contributed by atoms with Crippen LogP contribution in [0.15, 0.2) is 0 Å². The van der Waals surface area contributed by atoms with Gasteiger partial charge in [-0.05, 0) is 0 Å². The summed E-state index contributed by atoms with van der Waals surface area (Å²) in [5.41, 5.74) is 0. The molecule has 0 aromatic rings. The molecule has 0 aromatic carbocycles. The van der Waals surface area contributed by atoms with Gasteiger partial charge in [0.15, 0.2) is 0 Å². The van der Waals surface area contributed by atoms with Gasteiger partial charge in [0, 0.05) is 17.1 Å². The minimum atomic E-state index is -3.13. The van der Waals surface area contributed by atoms with Crippen LogP contribution in [-0.4, -0.2) is 67.2 Å². The van der Waals surface area contributed by atoms with Gasteiger partial charge in [-0.3, -0.25) is 4.46 Å². The molecule has 0 rings (SSSR count). The molecule has 0 aliphatic heterocycles. The van der Waals surface area contributed by atoms with Gasteiger partial charge in [-0.15, -0.1) is 0 Å². The van der Waals surface area contributed by atoms with E-state index in [0.717, 1.165) is 0 Å². The second-order valence-electron chi connectivity index (χ2n) is 0.283. The van der Waals surface area contributed by atoms with Crippen LogP contribution in [0.1, 0.15) is 0 Å². The molecular weight excluding hydrogens is 162 g/mol. The average Bonchev–Trinajstić information content (AvgIpc) is 0.811. The van der Waals surface area contributed by atoms with E-state index in [9.17, 15) is 0 Å². The molecule has 7 heteroatoms. The minimum absolute atomic E-state index is 0. The van der Waals surface area contributed by atoms with Crippen molar-refractivity contribution in [1.29, 1.82) is 0 Å². The predicted molar refractivity (Wildman–Crippen MR) is 25.2 cm³/mol. The maximum atomic E-state index is 8.74. The van der Waals surface area contributed by atoms with Crippen LogP contribution in [0.2, 0.25) is 0 Å². The maximum absolute atomic E-state index is 8.74. The summed E-state index contributed by atoms with van der Waals surface area (Å²) in [6, 6.07) is 0. The summed E-state index contributed by atoms with van der Waals surface area (Å²) in [4.78, 5) is 14.3. The zero-order chi connectivity index (χ0) is 3.58. The van der Waals surface area contributed by atoms with Gasteiger partial charge in [-0.25, -0.2) is 0 Å². The first-order chi connectivity index (χ1) is 1.73. The molecule has 0 radical (unpaired) electrons. The van der Waals surface area contributed by atoms with Crippen LogP contribution >= 0.6 is 0 Å². The first-order valence-electron chi connectivity index (χ1n) is 0.651. The topological polar surface area (TPSA) is 57.5 Å². The first-order valence-corrected chi connectivity index (χ1v) is 1.95. The molecule has 0 aromatic heterocycles. The molecule has 0 amide bonds. The molecule has 0 aliphatic carbocycles. The Hall–Kier alpha value is 1.73. The molecular formula is H4FeLiNaO3Si. The Balaban J connectivity index is -0.0000000150. The van der Waals surface area contributed by atoms with Crippen molar-refractivity contribution < 1.29 is 31.1 Å². The predicted octanol–water partition coefficient (Wildman–Crippen LogP) is -2.91. The van der Waals surface area contributed by atoms with Gasteiger partial charge >= 0.3 is 57.6 Å². The zero-order valence-electron chi connectivity index (χ0n) is 2.16. The Morgan fingerprint density at radius 2 is 1.29 bits per heavy atom. The normalized spacial score (nSPS) is 3.43. The third kappa shape index (κ3) is 84.6. The van der Waals surface area contributed by atoms with Crippen molar-refractivity contribution in [2.75, 3.05) is 0 Å². The van der Waals surface area contributed by atoms with Gasteiger partial charge in [0.2, 0.25) is 0 Å². The number of hydrogen-bond acceptors (Lipinski definition) is 1. The van der Waals surface area contributed by atoms with Gasteiger partial charge in [0.1, 0.15) is 0 Å². The van der Waals surface area contributed by atoms with Gasteiger partial charge in [-0.1, -0.05) is 0 Å². The summed E-state index contributed by atoms with van der Waals surface area (Å²) < 4.78 is 8.74. The van der Waals surface area contributed by atoms with E-state index in [1.165, 1.54) is 0 Å². The molecule has 0 saturated carbocycles. The van der Waals surface area contributed by atoms with Crippen LogP contribution in [0, 0.1) is 0 Å². The van der Waals surface area contributed by atoms with Gasteiger partial charge in [0.25, 0.3) is 0 Å². The van der Waals surface area contributed by atoms with Crippen LogP contribution in [-0.2, 0) is 21.5 Å². The summed E-state index contributed by atoms with van der Waals surface area (Å²) in [6.45, 7) is 0. The fourth-order valence-electron chi connectivity index (χ4n) is 0. The Bertz CT molecular complexity index is 37.9. The molecule has 0 atom stereocenters. The average molecular weight is 166 g/mol. The second kappa shape index (κ2) is 15.6. The van der Waals surface area contributed by atoms with Gasteiger partial charge in [0.05, 0.1) is 0 Å². The standard InChI is InChI=1S/Fe.Li.Na.H2O3Si.2H/c;;;1-4(2)3;;/h;;;1-2H;;. The Morgan fingerprint density at radius 3 is 1.29 bits per heavy atom. The zero-order valence-corrected chi connectivity index (χ0v) is 4.26. The van der Waals surface area contributed by atoms with Crippen LogP contribution in [0.5, 0.6) is 0 Å². The molecule has 3 nitrogen and oxygen atoms in total. The quantitative estimate of drug-likeness (QED) is 0.379. The fourth-order valence-corrected chi connectivity index (χ4v) is 0. The molecule has 2 N–H and O–H groups in total. The fraction of sp³-hybridized carbons (Fsp3) is 0. The van der Waals surface area contributed by atoms with Crippen molar-refractivity contribution in [2.24, 2.45) is 0 Å². The summed E-state index contributed by atoms with van der Waals surface area (Å²) in [5.74, 6) is 0. The Labute approximate surface area is 87.7 Å². The van der Waals surface area contributed by atoms with Crippen molar-refractivity contribution in [3.63, 3.8) is 0 Å². The summed E-state index contributed by atoms with van der Waals surface area (Å²) >= 11 is 0. The summed E-state index contributed by atoms with van der Waals surface area (Å²) in [5, 5.41) is 0. The molecule has 7 heavy (non-hydrogen) atoms. The van der Waals surface area contributed by atoms with Crippen LogP contribution in [0.3, 0.4) is 0 Å². The molecule has 0 aliphatic rings. The molecule has 0 heterocycles. The molecule has 0 bridgehead atoms. The number of rotatable bonds is 0.